The molecule has 18 heavy (non-hydrogen) atoms. The lowest BCUT2D eigenvalue weighted by atomic mass is 9.87. The molecule has 0 saturated heterocycles. The third-order valence-corrected chi connectivity index (χ3v) is 3.24. The Kier molecular flexibility index (Phi) is 5.97. The molecule has 1 aromatic carbocycles. The molecule has 3 heteroatoms. The number of ether oxygens (including phenoxy) is 1. The van der Waals surface area contributed by atoms with E-state index in [0.29, 0.717) is 17.7 Å². The molecular weight excluding hydrogens is 246 g/mol. The van der Waals surface area contributed by atoms with E-state index < -0.39 is 0 Å². The molecule has 0 fully saturated rings. The lowest BCUT2D eigenvalue weighted by Gasteiger charge is -2.31. The van der Waals surface area contributed by atoms with E-state index in [1.165, 1.54) is 0 Å². The first kappa shape index (κ1) is 15.3. The summed E-state index contributed by atoms with van der Waals surface area (Å²) in [6, 6.07) is 7.91. The van der Waals surface area contributed by atoms with Crippen LogP contribution in [0.25, 0.3) is 0 Å². The van der Waals surface area contributed by atoms with Gasteiger partial charge >= 0.3 is 0 Å². The second kappa shape index (κ2) is 7.01. The molecule has 0 radical (unpaired) electrons. The Morgan fingerprint density at radius 1 is 1.28 bits per heavy atom. The van der Waals surface area contributed by atoms with Crippen LogP contribution in [0.15, 0.2) is 24.3 Å². The van der Waals surface area contributed by atoms with Crippen molar-refractivity contribution in [3.05, 3.63) is 29.3 Å². The van der Waals surface area contributed by atoms with Gasteiger partial charge in [-0.2, -0.15) is 0 Å². The highest BCUT2D eigenvalue weighted by Crippen LogP contribution is 2.25. The summed E-state index contributed by atoms with van der Waals surface area (Å²) in [6.07, 6.45) is 1.12. The van der Waals surface area contributed by atoms with Gasteiger partial charge in [0.1, 0.15) is 12.4 Å². The van der Waals surface area contributed by atoms with E-state index in [4.69, 9.17) is 16.3 Å². The Hall–Kier alpha value is -0.730. The van der Waals surface area contributed by atoms with Crippen molar-refractivity contribution in [1.82, 2.24) is 5.32 Å². The van der Waals surface area contributed by atoms with Gasteiger partial charge in [-0.05, 0) is 30.5 Å². The lowest BCUT2D eigenvalue weighted by Crippen LogP contribution is -2.45. The summed E-state index contributed by atoms with van der Waals surface area (Å²) in [7, 11) is 0. The van der Waals surface area contributed by atoms with Crippen molar-refractivity contribution in [2.24, 2.45) is 5.41 Å². The first-order valence-electron chi connectivity index (χ1n) is 6.56. The van der Waals surface area contributed by atoms with Crippen LogP contribution in [0.4, 0.5) is 0 Å². The topological polar surface area (TPSA) is 21.3 Å². The number of rotatable bonds is 6. The van der Waals surface area contributed by atoms with Crippen LogP contribution in [0, 0.1) is 5.41 Å². The third-order valence-electron chi connectivity index (χ3n) is 2.93. The minimum Gasteiger partial charge on any atom is -0.490 e. The van der Waals surface area contributed by atoms with Crippen LogP contribution in [-0.2, 0) is 0 Å². The van der Waals surface area contributed by atoms with Gasteiger partial charge in [0.2, 0.25) is 0 Å². The Morgan fingerprint density at radius 2 is 1.94 bits per heavy atom. The van der Waals surface area contributed by atoms with Crippen LogP contribution in [0.2, 0.25) is 5.02 Å². The number of para-hydroxylation sites is 1. The van der Waals surface area contributed by atoms with Crippen LogP contribution in [0.3, 0.4) is 0 Å². The van der Waals surface area contributed by atoms with Crippen molar-refractivity contribution < 1.29 is 4.74 Å². The van der Waals surface area contributed by atoms with Crippen molar-refractivity contribution in [2.75, 3.05) is 13.2 Å². The Labute approximate surface area is 116 Å². The Bertz CT molecular complexity index is 360. The molecule has 102 valence electrons. The average molecular weight is 270 g/mol. The van der Waals surface area contributed by atoms with E-state index >= 15 is 0 Å². The van der Waals surface area contributed by atoms with E-state index in [0.717, 1.165) is 18.7 Å². The van der Waals surface area contributed by atoms with Gasteiger partial charge in [-0.1, -0.05) is 51.4 Å². The molecular formula is C15H24ClNO. The average Bonchev–Trinajstić information content (AvgIpc) is 2.29. The molecule has 1 aromatic rings. The van der Waals surface area contributed by atoms with Crippen LogP contribution >= 0.6 is 11.6 Å². The minimum absolute atomic E-state index is 0.163. The second-order valence-corrected chi connectivity index (χ2v) is 6.02. The molecule has 2 nitrogen and oxygen atoms in total. The third kappa shape index (κ3) is 4.87. The summed E-state index contributed by atoms with van der Waals surface area (Å²) >= 11 is 6.08. The fourth-order valence-electron chi connectivity index (χ4n) is 1.67. The maximum absolute atomic E-state index is 6.08. The SMILES string of the molecule is CCCNC(COc1ccccc1Cl)C(C)(C)C. The van der Waals surface area contributed by atoms with Crippen LogP contribution in [-0.4, -0.2) is 19.2 Å². The quantitative estimate of drug-likeness (QED) is 0.838. The smallest absolute Gasteiger partial charge is 0.137 e. The van der Waals surface area contributed by atoms with Gasteiger partial charge in [0.25, 0.3) is 0 Å². The normalized spacial score (nSPS) is 13.4. The molecule has 0 heterocycles. The minimum atomic E-state index is 0.163. The van der Waals surface area contributed by atoms with E-state index in [2.05, 4.69) is 33.0 Å². The zero-order valence-corrected chi connectivity index (χ0v) is 12.6. The monoisotopic (exact) mass is 269 g/mol. The number of benzene rings is 1. The summed E-state index contributed by atoms with van der Waals surface area (Å²) in [5.41, 5.74) is 0.163. The molecule has 1 atom stereocenters. The van der Waals surface area contributed by atoms with Gasteiger partial charge in [-0.15, -0.1) is 0 Å². The largest absolute Gasteiger partial charge is 0.490 e. The van der Waals surface area contributed by atoms with Gasteiger partial charge < -0.3 is 10.1 Å². The molecule has 1 rings (SSSR count). The molecule has 0 saturated carbocycles. The standard InChI is InChI=1S/C15H24ClNO/c1-5-10-17-14(15(2,3)4)11-18-13-9-7-6-8-12(13)16/h6-9,14,17H,5,10-11H2,1-4H3. The molecule has 0 bridgehead atoms. The maximum Gasteiger partial charge on any atom is 0.137 e. The van der Waals surface area contributed by atoms with Crippen molar-refractivity contribution in [3.8, 4) is 5.75 Å². The van der Waals surface area contributed by atoms with Crippen molar-refractivity contribution in [3.63, 3.8) is 0 Å². The highest BCUT2D eigenvalue weighted by Gasteiger charge is 2.24. The molecule has 1 N–H and O–H groups in total. The fourth-order valence-corrected chi connectivity index (χ4v) is 1.86. The zero-order valence-electron chi connectivity index (χ0n) is 11.8. The number of hydrogen-bond donors (Lipinski definition) is 1. The molecule has 0 aliphatic carbocycles. The summed E-state index contributed by atoms with van der Waals surface area (Å²) in [4.78, 5) is 0. The summed E-state index contributed by atoms with van der Waals surface area (Å²) < 4.78 is 5.83. The van der Waals surface area contributed by atoms with E-state index in [9.17, 15) is 0 Å². The number of halogens is 1. The lowest BCUT2D eigenvalue weighted by molar-refractivity contribution is 0.174. The van der Waals surface area contributed by atoms with Gasteiger partial charge in [-0.25, -0.2) is 0 Å². The summed E-state index contributed by atoms with van der Waals surface area (Å²) in [5, 5.41) is 4.20. The van der Waals surface area contributed by atoms with Crippen molar-refractivity contribution >= 4 is 11.6 Å². The van der Waals surface area contributed by atoms with Gasteiger partial charge in [-0.3, -0.25) is 0 Å². The van der Waals surface area contributed by atoms with Crippen LogP contribution in [0.5, 0.6) is 5.75 Å². The highest BCUT2D eigenvalue weighted by molar-refractivity contribution is 6.32. The second-order valence-electron chi connectivity index (χ2n) is 5.61. The van der Waals surface area contributed by atoms with E-state index in [1.807, 2.05) is 24.3 Å². The van der Waals surface area contributed by atoms with Crippen molar-refractivity contribution in [1.29, 1.82) is 0 Å². The van der Waals surface area contributed by atoms with Crippen LogP contribution in [0.1, 0.15) is 34.1 Å². The van der Waals surface area contributed by atoms with Gasteiger partial charge in [0.05, 0.1) is 5.02 Å². The molecule has 0 aliphatic heterocycles. The van der Waals surface area contributed by atoms with Crippen molar-refractivity contribution in [2.45, 2.75) is 40.2 Å². The van der Waals surface area contributed by atoms with Gasteiger partial charge in [0, 0.05) is 6.04 Å². The van der Waals surface area contributed by atoms with Crippen LogP contribution < -0.4 is 10.1 Å². The molecule has 0 amide bonds. The predicted molar refractivity (Wildman–Crippen MR) is 78.5 cm³/mol. The molecule has 1 unspecified atom stereocenters. The maximum atomic E-state index is 6.08. The Balaban J connectivity index is 2.59. The predicted octanol–water partition coefficient (Wildman–Crippen LogP) is 4.13. The Morgan fingerprint density at radius 3 is 2.50 bits per heavy atom. The van der Waals surface area contributed by atoms with Gasteiger partial charge in [0.15, 0.2) is 0 Å². The number of nitrogens with one attached hydrogen (secondary N) is 1. The molecule has 0 aromatic heterocycles. The molecule has 0 spiro atoms. The fraction of sp³-hybridized carbons (Fsp3) is 0.600. The van der Waals surface area contributed by atoms with E-state index in [-0.39, 0.29) is 5.41 Å². The van der Waals surface area contributed by atoms with E-state index in [1.54, 1.807) is 0 Å². The first-order valence-corrected chi connectivity index (χ1v) is 6.93. The molecule has 0 aliphatic rings. The number of hydrogen-bond acceptors (Lipinski definition) is 2. The summed E-state index contributed by atoms with van der Waals surface area (Å²) in [5.74, 6) is 0.756. The summed E-state index contributed by atoms with van der Waals surface area (Å²) in [6.45, 7) is 10.5. The zero-order chi connectivity index (χ0) is 13.6. The first-order chi connectivity index (χ1) is 8.45. The highest BCUT2D eigenvalue weighted by atomic mass is 35.5.